The lowest BCUT2D eigenvalue weighted by Crippen LogP contribution is -2.30. The van der Waals surface area contributed by atoms with Crippen molar-refractivity contribution in [1.29, 1.82) is 0 Å². The molecular weight excluding hydrogens is 298 g/mol. The maximum absolute atomic E-state index is 11.1. The summed E-state index contributed by atoms with van der Waals surface area (Å²) in [5, 5.41) is 6.31. The van der Waals surface area contributed by atoms with Crippen LogP contribution in [-0.4, -0.2) is 39.3 Å². The molecule has 1 rings (SSSR count). The quantitative estimate of drug-likeness (QED) is 0.454. The molecule has 1 heterocycles. The minimum atomic E-state index is -5.39. The second-order valence-electron chi connectivity index (χ2n) is 4.00. The van der Waals surface area contributed by atoms with Crippen LogP contribution in [0.1, 0.15) is 19.2 Å². The van der Waals surface area contributed by atoms with Gasteiger partial charge in [0.05, 0.1) is 0 Å². The molecule has 0 saturated carbocycles. The van der Waals surface area contributed by atoms with E-state index in [0.29, 0.717) is 12.2 Å². The number of aromatic nitrogens is 2. The molecule has 0 aliphatic rings. The smallest absolute Gasteiger partial charge is 0.367 e. The molecule has 11 heteroatoms. The largest absolute Gasteiger partial charge is 0.369 e. The second-order valence-corrected chi connectivity index (χ2v) is 8.01. The van der Waals surface area contributed by atoms with Gasteiger partial charge in [-0.1, -0.05) is 6.92 Å². The lowest BCUT2D eigenvalue weighted by atomic mass is 10.4. The first-order chi connectivity index (χ1) is 8.53. The van der Waals surface area contributed by atoms with Crippen molar-refractivity contribution in [3.63, 3.8) is 0 Å². The molecular formula is C8H16N2O7P2. The van der Waals surface area contributed by atoms with Crippen molar-refractivity contribution >= 4 is 15.2 Å². The minimum Gasteiger partial charge on any atom is -0.367 e. The fourth-order valence-corrected chi connectivity index (χ4v) is 3.73. The van der Waals surface area contributed by atoms with Crippen LogP contribution in [0.4, 0.5) is 0 Å². The standard InChI is InChI=1S/C8H16N2O7P2/c1-2-7-9-4-6-10(7)5-3-8(11,18(12,13)14)19(15,16)17/h4,6,11H,2-3,5H2,1H3,(H2,12,13,14)(H2,15,16,17). The van der Waals surface area contributed by atoms with Crippen molar-refractivity contribution in [2.24, 2.45) is 0 Å². The Morgan fingerprint density at radius 2 is 1.79 bits per heavy atom. The lowest BCUT2D eigenvalue weighted by molar-refractivity contribution is 0.118. The molecule has 110 valence electrons. The number of imidazole rings is 1. The highest BCUT2D eigenvalue weighted by molar-refractivity contribution is 7.72. The third-order valence-electron chi connectivity index (χ3n) is 2.74. The number of nitrogens with zero attached hydrogens (tertiary/aromatic N) is 2. The minimum absolute atomic E-state index is 0.171. The fraction of sp³-hybridized carbons (Fsp3) is 0.625. The highest BCUT2D eigenvalue weighted by atomic mass is 31.2. The molecule has 1 aromatic rings. The van der Waals surface area contributed by atoms with Crippen LogP contribution in [0.25, 0.3) is 0 Å². The van der Waals surface area contributed by atoms with Crippen molar-refractivity contribution in [2.45, 2.75) is 31.4 Å². The molecule has 0 aliphatic heterocycles. The molecule has 5 N–H and O–H groups in total. The van der Waals surface area contributed by atoms with Crippen LogP contribution in [0.5, 0.6) is 0 Å². The van der Waals surface area contributed by atoms with Crippen LogP contribution in [0.3, 0.4) is 0 Å². The molecule has 0 fully saturated rings. The Kier molecular flexibility index (Phi) is 4.75. The molecule has 0 spiro atoms. The van der Waals surface area contributed by atoms with E-state index < -0.39 is 26.7 Å². The zero-order valence-electron chi connectivity index (χ0n) is 10.1. The van der Waals surface area contributed by atoms with E-state index in [4.69, 9.17) is 19.6 Å². The Hall–Kier alpha value is -0.530. The van der Waals surface area contributed by atoms with Crippen molar-refractivity contribution < 1.29 is 33.8 Å². The first-order valence-corrected chi connectivity index (χ1v) is 8.59. The van der Waals surface area contributed by atoms with Crippen LogP contribution in [0.2, 0.25) is 0 Å². The molecule has 0 atom stereocenters. The van der Waals surface area contributed by atoms with Crippen LogP contribution >= 0.6 is 15.2 Å². The van der Waals surface area contributed by atoms with E-state index in [1.165, 1.54) is 17.0 Å². The highest BCUT2D eigenvalue weighted by Gasteiger charge is 2.58. The van der Waals surface area contributed by atoms with Crippen LogP contribution in [0.15, 0.2) is 12.4 Å². The van der Waals surface area contributed by atoms with Crippen molar-refractivity contribution in [3.8, 4) is 0 Å². The van der Waals surface area contributed by atoms with Crippen LogP contribution in [0, 0.1) is 0 Å². The van der Waals surface area contributed by atoms with E-state index in [-0.39, 0.29) is 6.54 Å². The van der Waals surface area contributed by atoms with Gasteiger partial charge >= 0.3 is 15.2 Å². The predicted molar refractivity (Wildman–Crippen MR) is 65.3 cm³/mol. The first kappa shape index (κ1) is 16.5. The van der Waals surface area contributed by atoms with Gasteiger partial charge in [-0.2, -0.15) is 0 Å². The van der Waals surface area contributed by atoms with Crippen molar-refractivity contribution in [3.05, 3.63) is 18.2 Å². The van der Waals surface area contributed by atoms with Crippen molar-refractivity contribution in [1.82, 2.24) is 9.55 Å². The zero-order valence-corrected chi connectivity index (χ0v) is 11.9. The van der Waals surface area contributed by atoms with Gasteiger partial charge in [-0.3, -0.25) is 9.13 Å². The molecule has 0 aliphatic carbocycles. The van der Waals surface area contributed by atoms with E-state index in [0.717, 1.165) is 0 Å². The van der Waals surface area contributed by atoms with Crippen LogP contribution < -0.4 is 0 Å². The number of aryl methyl sites for hydroxylation is 2. The third-order valence-corrected chi connectivity index (χ3v) is 6.62. The molecule has 1 aromatic heterocycles. The van der Waals surface area contributed by atoms with Gasteiger partial charge in [0, 0.05) is 31.8 Å². The summed E-state index contributed by atoms with van der Waals surface area (Å²) in [5.74, 6) is 0.582. The lowest BCUT2D eigenvalue weighted by Gasteiger charge is -2.29. The summed E-state index contributed by atoms with van der Waals surface area (Å²) < 4.78 is 23.8. The summed E-state index contributed by atoms with van der Waals surface area (Å²) in [7, 11) is -10.8. The van der Waals surface area contributed by atoms with Crippen LogP contribution in [-0.2, 0) is 22.1 Å². The van der Waals surface area contributed by atoms with Crippen molar-refractivity contribution in [2.75, 3.05) is 0 Å². The number of rotatable bonds is 6. The topological polar surface area (TPSA) is 153 Å². The number of hydrogen-bond donors (Lipinski definition) is 5. The third kappa shape index (κ3) is 3.32. The van der Waals surface area contributed by atoms with Gasteiger partial charge < -0.3 is 29.2 Å². The predicted octanol–water partition coefficient (Wildman–Crippen LogP) is -0.163. The highest BCUT2D eigenvalue weighted by Crippen LogP contribution is 2.69. The van der Waals surface area contributed by atoms with E-state index in [2.05, 4.69) is 4.98 Å². The molecule has 19 heavy (non-hydrogen) atoms. The molecule has 0 amide bonds. The summed E-state index contributed by atoms with van der Waals surface area (Å²) >= 11 is 0. The summed E-state index contributed by atoms with van der Waals surface area (Å²) in [4.78, 5) is 39.8. The van der Waals surface area contributed by atoms with Gasteiger partial charge in [0.25, 0.3) is 5.08 Å². The average molecular weight is 314 g/mol. The Bertz CT molecular complexity index is 509. The molecule has 0 radical (unpaired) electrons. The zero-order chi connectivity index (χ0) is 14.9. The first-order valence-electron chi connectivity index (χ1n) is 5.36. The van der Waals surface area contributed by atoms with Gasteiger partial charge in [0.2, 0.25) is 0 Å². The Morgan fingerprint density at radius 3 is 2.21 bits per heavy atom. The maximum atomic E-state index is 11.1. The monoisotopic (exact) mass is 314 g/mol. The Labute approximate surface area is 109 Å². The molecule has 0 bridgehead atoms. The summed E-state index contributed by atoms with van der Waals surface area (Å²) in [5.41, 5.74) is 0. The molecule has 0 aromatic carbocycles. The van der Waals surface area contributed by atoms with Gasteiger partial charge in [-0.25, -0.2) is 4.98 Å². The van der Waals surface area contributed by atoms with E-state index >= 15 is 0 Å². The molecule has 0 saturated heterocycles. The van der Waals surface area contributed by atoms with Gasteiger partial charge in [-0.15, -0.1) is 0 Å². The average Bonchev–Trinajstić information content (AvgIpc) is 2.69. The van der Waals surface area contributed by atoms with E-state index in [1.54, 1.807) is 6.92 Å². The molecule has 0 unspecified atom stereocenters. The SMILES string of the molecule is CCc1nccn1CCC(O)(P(=O)(O)O)P(=O)(O)O. The summed E-state index contributed by atoms with van der Waals surface area (Å²) in [6, 6.07) is 0. The number of aliphatic hydroxyl groups is 1. The number of hydrogen-bond acceptors (Lipinski definition) is 4. The molecule has 9 nitrogen and oxygen atoms in total. The normalized spacial score (nSPS) is 13.8. The van der Waals surface area contributed by atoms with E-state index in [9.17, 15) is 14.2 Å². The van der Waals surface area contributed by atoms with E-state index in [1.807, 2.05) is 0 Å². The second kappa shape index (κ2) is 5.46. The summed E-state index contributed by atoms with van der Waals surface area (Å²) in [6.07, 6.45) is 2.70. The van der Waals surface area contributed by atoms with Gasteiger partial charge in [-0.05, 0) is 0 Å². The van der Waals surface area contributed by atoms with Gasteiger partial charge in [0.15, 0.2) is 0 Å². The Balaban J connectivity index is 3.00. The fourth-order valence-electron chi connectivity index (χ4n) is 1.59. The van der Waals surface area contributed by atoms with Gasteiger partial charge in [0.1, 0.15) is 5.82 Å². The maximum Gasteiger partial charge on any atom is 0.369 e. The Morgan fingerprint density at radius 1 is 1.26 bits per heavy atom. The summed E-state index contributed by atoms with van der Waals surface area (Å²) in [6.45, 7) is 1.63.